The zero-order chi connectivity index (χ0) is 34.9. The zero-order valence-corrected chi connectivity index (χ0v) is 28.5. The number of hydrogen-bond donors (Lipinski definition) is 3. The average molecular weight is 718 g/mol. The fraction of sp³-hybridized carbons (Fsp3) is 0.0270. The van der Waals surface area contributed by atoms with Gasteiger partial charge in [-0.05, 0) is 77.2 Å². The highest BCUT2D eigenvalue weighted by Gasteiger charge is 2.24. The van der Waals surface area contributed by atoms with Crippen LogP contribution >= 0.6 is 34.4 Å². The predicted octanol–water partition coefficient (Wildman–Crippen LogP) is 8.66. The van der Waals surface area contributed by atoms with Crippen molar-refractivity contribution in [3.05, 3.63) is 165 Å². The Kier molecular flexibility index (Phi) is 10.9. The van der Waals surface area contributed by atoms with Gasteiger partial charge in [-0.1, -0.05) is 54.6 Å². The molecule has 0 spiro atoms. The van der Waals surface area contributed by atoms with Crippen molar-refractivity contribution in [2.75, 3.05) is 10.6 Å². The summed E-state index contributed by atoms with van der Waals surface area (Å²) in [5.41, 5.74) is 2.75. The zero-order valence-electron chi connectivity index (χ0n) is 26.0. The van der Waals surface area contributed by atoms with Gasteiger partial charge in [-0.15, -0.1) is 34.4 Å². The van der Waals surface area contributed by atoms with E-state index in [1.165, 1.54) is 53.4 Å². The number of non-ortho nitro benzene ring substituents is 1. The van der Waals surface area contributed by atoms with Gasteiger partial charge >= 0.3 is 0 Å². The number of aromatic nitrogens is 1. The van der Waals surface area contributed by atoms with Gasteiger partial charge in [-0.2, -0.15) is 0 Å². The van der Waals surface area contributed by atoms with E-state index in [0.29, 0.717) is 21.9 Å². The lowest BCUT2D eigenvalue weighted by molar-refractivity contribution is -0.384. The normalized spacial score (nSPS) is 11.7. The number of nitrogens with one attached hydrogen (secondary N) is 3. The molecule has 0 bridgehead atoms. The summed E-state index contributed by atoms with van der Waals surface area (Å²) in [6.07, 6.45) is 1.44. The molecule has 0 saturated heterocycles. The van der Waals surface area contributed by atoms with Crippen molar-refractivity contribution in [1.82, 2.24) is 10.3 Å². The van der Waals surface area contributed by atoms with Crippen molar-refractivity contribution in [3.63, 3.8) is 0 Å². The second-order valence-electron chi connectivity index (χ2n) is 10.6. The number of nitro groups is 1. The van der Waals surface area contributed by atoms with E-state index < -0.39 is 22.0 Å². The van der Waals surface area contributed by atoms with Gasteiger partial charge in [0.1, 0.15) is 10.9 Å². The minimum Gasteiger partial charge on any atom is -0.321 e. The molecule has 0 aliphatic rings. The Hall–Kier alpha value is -5.89. The largest absolute Gasteiger partial charge is 0.321 e. The number of thiophene rings is 1. The van der Waals surface area contributed by atoms with Gasteiger partial charge < -0.3 is 16.0 Å². The molecule has 50 heavy (non-hydrogen) atoms. The number of benzene rings is 4. The van der Waals surface area contributed by atoms with E-state index in [1.54, 1.807) is 65.9 Å². The quantitative estimate of drug-likeness (QED) is 0.0498. The van der Waals surface area contributed by atoms with Crippen molar-refractivity contribution < 1.29 is 19.3 Å². The third kappa shape index (κ3) is 8.76. The monoisotopic (exact) mass is 717 g/mol. The second kappa shape index (κ2) is 16.0. The first kappa shape index (κ1) is 34.0. The summed E-state index contributed by atoms with van der Waals surface area (Å²) in [6, 6.07) is 34.4. The first-order valence-electron chi connectivity index (χ1n) is 15.1. The molecule has 4 aromatic carbocycles. The molecule has 1 atom stereocenters. The Morgan fingerprint density at radius 3 is 2.16 bits per heavy atom. The topological polar surface area (TPSA) is 143 Å². The van der Waals surface area contributed by atoms with Gasteiger partial charge in [-0.25, -0.2) is 4.98 Å². The maximum atomic E-state index is 13.6. The van der Waals surface area contributed by atoms with Gasteiger partial charge in [0, 0.05) is 33.7 Å². The Morgan fingerprint density at radius 1 is 0.800 bits per heavy atom. The van der Waals surface area contributed by atoms with Crippen LogP contribution in [0.2, 0.25) is 0 Å². The molecule has 6 aromatic rings. The smallest absolute Gasteiger partial charge is 0.272 e. The highest BCUT2D eigenvalue weighted by atomic mass is 32.2. The predicted molar refractivity (Wildman–Crippen MR) is 199 cm³/mol. The minimum atomic E-state index is -0.597. The molecule has 0 saturated carbocycles. The summed E-state index contributed by atoms with van der Waals surface area (Å²) in [7, 11) is 0. The Balaban J connectivity index is 1.17. The van der Waals surface area contributed by atoms with Crippen LogP contribution in [0.3, 0.4) is 0 Å². The van der Waals surface area contributed by atoms with Crippen molar-refractivity contribution in [2.24, 2.45) is 0 Å². The highest BCUT2D eigenvalue weighted by molar-refractivity contribution is 8.00. The number of anilines is 2. The van der Waals surface area contributed by atoms with Crippen LogP contribution in [0.5, 0.6) is 0 Å². The van der Waals surface area contributed by atoms with E-state index in [2.05, 4.69) is 20.9 Å². The van der Waals surface area contributed by atoms with Gasteiger partial charge in [-0.3, -0.25) is 24.5 Å². The number of carbonyl (C=O) groups is 3. The van der Waals surface area contributed by atoms with Crippen LogP contribution < -0.4 is 16.0 Å². The lowest BCUT2D eigenvalue weighted by Gasteiger charge is -2.17. The summed E-state index contributed by atoms with van der Waals surface area (Å²) in [5.74, 6) is -1.31. The summed E-state index contributed by atoms with van der Waals surface area (Å²) >= 11 is 4.30. The van der Waals surface area contributed by atoms with Gasteiger partial charge in [0.15, 0.2) is 5.13 Å². The van der Waals surface area contributed by atoms with Gasteiger partial charge in [0.05, 0.1) is 15.5 Å². The summed E-state index contributed by atoms with van der Waals surface area (Å²) in [5, 5.41) is 23.3. The number of thioether (sulfide) groups is 1. The second-order valence-corrected chi connectivity index (χ2v) is 13.6. The SMILES string of the molecule is O=C(Nc1ccc(SC(C(=O)Nc2nc(-c3cccs3)cs2)c2ccccc2)cc1)/C(=C/c1ccc([N+](=O)[O-])cc1)NC(=O)c1ccccc1. The van der Waals surface area contributed by atoms with Crippen LogP contribution in [-0.4, -0.2) is 27.6 Å². The van der Waals surface area contributed by atoms with Crippen LogP contribution in [0.25, 0.3) is 16.6 Å². The molecule has 0 aliphatic carbocycles. The van der Waals surface area contributed by atoms with E-state index >= 15 is 0 Å². The van der Waals surface area contributed by atoms with E-state index in [9.17, 15) is 24.5 Å². The average Bonchev–Trinajstić information content (AvgIpc) is 3.85. The van der Waals surface area contributed by atoms with Crippen molar-refractivity contribution in [2.45, 2.75) is 10.1 Å². The lowest BCUT2D eigenvalue weighted by Crippen LogP contribution is -2.30. The summed E-state index contributed by atoms with van der Waals surface area (Å²) < 4.78 is 0. The number of hydrogen-bond acceptors (Lipinski definition) is 9. The molecular weight excluding hydrogens is 691 g/mol. The van der Waals surface area contributed by atoms with Crippen molar-refractivity contribution in [1.29, 1.82) is 0 Å². The van der Waals surface area contributed by atoms with Crippen molar-refractivity contribution in [3.8, 4) is 10.6 Å². The molecule has 3 amide bonds. The number of thiazole rings is 1. The first-order chi connectivity index (χ1) is 24.3. The van der Waals surface area contributed by atoms with E-state index in [-0.39, 0.29) is 17.3 Å². The highest BCUT2D eigenvalue weighted by Crippen LogP contribution is 2.37. The Morgan fingerprint density at radius 2 is 1.50 bits per heavy atom. The molecule has 10 nitrogen and oxygen atoms in total. The van der Waals surface area contributed by atoms with Crippen LogP contribution in [0.1, 0.15) is 26.7 Å². The molecular formula is C37H27N5O5S3. The molecule has 0 fully saturated rings. The Bertz CT molecular complexity index is 2140. The van der Waals surface area contributed by atoms with E-state index in [4.69, 9.17) is 0 Å². The van der Waals surface area contributed by atoms with Crippen LogP contribution in [0, 0.1) is 10.1 Å². The molecule has 0 radical (unpaired) electrons. The minimum absolute atomic E-state index is 0.0589. The van der Waals surface area contributed by atoms with Gasteiger partial charge in [0.2, 0.25) is 5.91 Å². The van der Waals surface area contributed by atoms with Crippen LogP contribution in [0.4, 0.5) is 16.5 Å². The van der Waals surface area contributed by atoms with Crippen LogP contribution in [0.15, 0.2) is 143 Å². The third-order valence-electron chi connectivity index (χ3n) is 7.16. The fourth-order valence-electron chi connectivity index (χ4n) is 4.69. The molecule has 13 heteroatoms. The maximum Gasteiger partial charge on any atom is 0.272 e. The molecule has 3 N–H and O–H groups in total. The summed E-state index contributed by atoms with van der Waals surface area (Å²) in [4.78, 5) is 57.0. The number of amides is 3. The fourth-order valence-corrected chi connectivity index (χ4v) is 7.19. The number of carbonyl (C=O) groups excluding carboxylic acids is 3. The third-order valence-corrected chi connectivity index (χ3v) is 10.1. The Labute approximate surface area is 299 Å². The van der Waals surface area contributed by atoms with Crippen molar-refractivity contribution >= 4 is 74.7 Å². The van der Waals surface area contributed by atoms with Gasteiger partial charge in [0.25, 0.3) is 17.5 Å². The van der Waals surface area contributed by atoms with E-state index in [0.717, 1.165) is 21.0 Å². The van der Waals surface area contributed by atoms with E-state index in [1.807, 2.05) is 53.2 Å². The molecule has 248 valence electrons. The number of nitro benzene ring substituents is 1. The standard InChI is InChI=1S/C37H27N5O5S3/c43-34(26-10-5-2-6-11-26)39-30(22-24-13-17-28(18-14-24)42(46)47)35(44)38-27-15-19-29(20-16-27)50-33(25-8-3-1-4-9-25)36(45)41-37-40-31(23-49-37)32-12-7-21-48-32/h1-23,33H,(H,38,44)(H,39,43)(H,40,41,45)/b30-22-. The van der Waals surface area contributed by atoms with Crippen LogP contribution in [-0.2, 0) is 9.59 Å². The number of nitrogens with zero attached hydrogens (tertiary/aromatic N) is 2. The summed E-state index contributed by atoms with van der Waals surface area (Å²) in [6.45, 7) is 0. The molecule has 0 aliphatic heterocycles. The molecule has 6 rings (SSSR count). The molecule has 1 unspecified atom stereocenters. The number of rotatable bonds is 12. The lowest BCUT2D eigenvalue weighted by atomic mass is 10.1. The molecule has 2 aromatic heterocycles. The molecule has 2 heterocycles. The maximum absolute atomic E-state index is 13.6. The first-order valence-corrected chi connectivity index (χ1v) is 17.7.